The van der Waals surface area contributed by atoms with Gasteiger partial charge in [0, 0.05) is 26.3 Å². The Balaban J connectivity index is 4.14. The van der Waals surface area contributed by atoms with Crippen molar-refractivity contribution in [3.63, 3.8) is 0 Å². The summed E-state index contributed by atoms with van der Waals surface area (Å²) in [5.41, 5.74) is 16.8. The van der Waals surface area contributed by atoms with Gasteiger partial charge < -0.3 is 32.0 Å². The van der Waals surface area contributed by atoms with Crippen molar-refractivity contribution in [1.82, 2.24) is 5.32 Å². The second-order valence-corrected chi connectivity index (χ2v) is 13.1. The molecular formula is C37H77N5O3. The van der Waals surface area contributed by atoms with E-state index >= 15 is 0 Å². The van der Waals surface area contributed by atoms with Crippen molar-refractivity contribution >= 4 is 11.9 Å². The van der Waals surface area contributed by atoms with E-state index in [-0.39, 0.29) is 18.0 Å². The fraction of sp³-hybridized carbons (Fsp3) is 0.946. The lowest BCUT2D eigenvalue weighted by molar-refractivity contribution is -0.123. The highest BCUT2D eigenvalue weighted by Gasteiger charge is 2.16. The second-order valence-electron chi connectivity index (χ2n) is 13.1. The summed E-state index contributed by atoms with van der Waals surface area (Å²) in [6.07, 6.45) is 32.9. The molecule has 0 aromatic heterocycles. The fourth-order valence-corrected chi connectivity index (χ4v) is 5.61. The number of carbonyl (C=O) groups excluding carboxylic acids is 1. The van der Waals surface area contributed by atoms with E-state index in [9.17, 15) is 4.79 Å². The summed E-state index contributed by atoms with van der Waals surface area (Å²) in [7, 11) is 0. The van der Waals surface area contributed by atoms with Gasteiger partial charge in [-0.2, -0.15) is 0 Å². The number of ether oxygens (including phenoxy) is 2. The van der Waals surface area contributed by atoms with E-state index in [4.69, 9.17) is 26.7 Å². The maximum Gasteiger partial charge on any atom is 0.237 e. The first-order chi connectivity index (χ1) is 22.0. The summed E-state index contributed by atoms with van der Waals surface area (Å²) in [5.74, 6) is -0.107. The number of nitrogens with two attached hydrogens (primary N) is 3. The normalized spacial score (nSPS) is 12.7. The van der Waals surface area contributed by atoms with Crippen LogP contribution in [0.5, 0.6) is 0 Å². The number of hydrogen-bond donors (Lipinski definition) is 4. The lowest BCUT2D eigenvalue weighted by Crippen LogP contribution is -2.45. The van der Waals surface area contributed by atoms with E-state index in [1.807, 2.05) is 0 Å². The van der Waals surface area contributed by atoms with Crippen molar-refractivity contribution in [2.24, 2.45) is 22.2 Å². The van der Waals surface area contributed by atoms with Crippen molar-refractivity contribution in [2.75, 3.05) is 32.9 Å². The molecule has 0 heterocycles. The maximum atomic E-state index is 12.5. The van der Waals surface area contributed by atoms with Crippen LogP contribution in [0.4, 0.5) is 0 Å². The molecule has 0 aliphatic heterocycles. The molecule has 8 heteroatoms. The summed E-state index contributed by atoms with van der Waals surface area (Å²) in [6, 6.07) is -0.585. The van der Waals surface area contributed by atoms with Crippen LogP contribution in [-0.2, 0) is 14.3 Å². The minimum Gasteiger partial charge on any atom is -0.379 e. The Hall–Kier alpha value is -1.38. The molecule has 0 saturated carbocycles. The molecule has 0 rings (SSSR count). The van der Waals surface area contributed by atoms with Gasteiger partial charge in [0.2, 0.25) is 5.91 Å². The summed E-state index contributed by atoms with van der Waals surface area (Å²) in [6.45, 7) is 7.38. The SMILES string of the molecule is CCCCCCCCCCCCCCOCC(CNC(=O)[C@@H](N)CCCN=C(N)N)OCCCCCCCCCCCCCC. The Morgan fingerprint density at radius 3 is 1.49 bits per heavy atom. The Bertz CT molecular complexity index is 646. The van der Waals surface area contributed by atoms with E-state index in [2.05, 4.69) is 24.2 Å². The molecule has 0 aromatic carbocycles. The van der Waals surface area contributed by atoms with E-state index in [0.29, 0.717) is 39.1 Å². The van der Waals surface area contributed by atoms with Crippen LogP contribution < -0.4 is 22.5 Å². The molecule has 0 fully saturated rings. The van der Waals surface area contributed by atoms with Crippen molar-refractivity contribution in [2.45, 2.75) is 193 Å². The van der Waals surface area contributed by atoms with Crippen LogP contribution in [0.1, 0.15) is 181 Å². The third kappa shape index (κ3) is 33.8. The molecule has 0 spiro atoms. The number of hydrogen-bond acceptors (Lipinski definition) is 5. The highest BCUT2D eigenvalue weighted by Crippen LogP contribution is 2.13. The molecule has 0 aliphatic rings. The number of aliphatic imine (C=N–C) groups is 1. The number of carbonyl (C=O) groups is 1. The van der Waals surface area contributed by atoms with Crippen LogP contribution in [0.15, 0.2) is 4.99 Å². The van der Waals surface area contributed by atoms with Gasteiger partial charge in [-0.25, -0.2) is 0 Å². The van der Waals surface area contributed by atoms with Gasteiger partial charge in [0.25, 0.3) is 0 Å². The number of nitrogens with one attached hydrogen (secondary N) is 1. The van der Waals surface area contributed by atoms with Crippen molar-refractivity contribution in [1.29, 1.82) is 0 Å². The van der Waals surface area contributed by atoms with Crippen LogP contribution in [0.25, 0.3) is 0 Å². The van der Waals surface area contributed by atoms with Gasteiger partial charge in [-0.1, -0.05) is 155 Å². The Kier molecular flexibility index (Phi) is 34.4. The third-order valence-electron chi connectivity index (χ3n) is 8.61. The lowest BCUT2D eigenvalue weighted by Gasteiger charge is -2.20. The summed E-state index contributed by atoms with van der Waals surface area (Å²) in [5, 5.41) is 2.97. The Labute approximate surface area is 279 Å². The largest absolute Gasteiger partial charge is 0.379 e. The minimum absolute atomic E-state index is 0.0599. The average Bonchev–Trinajstić information content (AvgIpc) is 3.03. The molecule has 8 nitrogen and oxygen atoms in total. The number of unbranched alkanes of at least 4 members (excludes halogenated alkanes) is 22. The molecule has 0 radical (unpaired) electrons. The zero-order chi connectivity index (χ0) is 33.1. The van der Waals surface area contributed by atoms with Gasteiger partial charge in [0.15, 0.2) is 5.96 Å². The zero-order valence-corrected chi connectivity index (χ0v) is 30.0. The van der Waals surface area contributed by atoms with E-state index in [1.165, 1.54) is 141 Å². The molecule has 0 aromatic rings. The van der Waals surface area contributed by atoms with Crippen LogP contribution in [0, 0.1) is 0 Å². The number of nitrogens with zero attached hydrogens (tertiary/aromatic N) is 1. The molecule has 0 aliphatic carbocycles. The number of rotatable bonds is 36. The first-order valence-electron chi connectivity index (χ1n) is 19.3. The number of amides is 1. The lowest BCUT2D eigenvalue weighted by atomic mass is 10.1. The smallest absolute Gasteiger partial charge is 0.237 e. The van der Waals surface area contributed by atoms with Gasteiger partial charge in [-0.3, -0.25) is 9.79 Å². The molecule has 2 atom stereocenters. The highest BCUT2D eigenvalue weighted by atomic mass is 16.5. The quantitative estimate of drug-likeness (QED) is 0.0309. The van der Waals surface area contributed by atoms with Gasteiger partial charge in [0.05, 0.1) is 18.8 Å². The van der Waals surface area contributed by atoms with Crippen LogP contribution in [0.2, 0.25) is 0 Å². The second kappa shape index (κ2) is 35.5. The van der Waals surface area contributed by atoms with Crippen LogP contribution in [0.3, 0.4) is 0 Å². The molecule has 268 valence electrons. The molecule has 7 N–H and O–H groups in total. The molecule has 1 unspecified atom stereocenters. The average molecular weight is 640 g/mol. The topological polar surface area (TPSA) is 138 Å². The summed E-state index contributed by atoms with van der Waals surface area (Å²) >= 11 is 0. The molecular weight excluding hydrogens is 562 g/mol. The Morgan fingerprint density at radius 1 is 0.622 bits per heavy atom. The predicted molar refractivity (Wildman–Crippen MR) is 194 cm³/mol. The molecule has 0 saturated heterocycles. The van der Waals surface area contributed by atoms with Crippen molar-refractivity contribution < 1.29 is 14.3 Å². The van der Waals surface area contributed by atoms with Crippen molar-refractivity contribution in [3.05, 3.63) is 0 Å². The van der Waals surface area contributed by atoms with Gasteiger partial charge in [-0.05, 0) is 25.7 Å². The van der Waals surface area contributed by atoms with Crippen LogP contribution >= 0.6 is 0 Å². The zero-order valence-electron chi connectivity index (χ0n) is 30.0. The van der Waals surface area contributed by atoms with E-state index < -0.39 is 6.04 Å². The summed E-state index contributed by atoms with van der Waals surface area (Å²) in [4.78, 5) is 16.5. The standard InChI is InChI=1S/C37H77N5O3/c1-3-5-7-9-11-13-15-17-19-21-23-25-30-44-33-34(32-42-36(43)35(38)28-27-29-41-37(39)40)45-31-26-24-22-20-18-16-14-12-10-8-6-4-2/h34-35H,3-33,38H2,1-2H3,(H,42,43)(H4,39,40,41)/t34?,35-/m0/s1. The highest BCUT2D eigenvalue weighted by molar-refractivity contribution is 5.81. The van der Waals surface area contributed by atoms with Gasteiger partial charge in [-0.15, -0.1) is 0 Å². The van der Waals surface area contributed by atoms with E-state index in [0.717, 1.165) is 19.4 Å². The summed E-state index contributed by atoms with van der Waals surface area (Å²) < 4.78 is 12.2. The first kappa shape index (κ1) is 43.6. The third-order valence-corrected chi connectivity index (χ3v) is 8.61. The first-order valence-corrected chi connectivity index (χ1v) is 19.3. The predicted octanol–water partition coefficient (Wildman–Crippen LogP) is 8.29. The van der Waals surface area contributed by atoms with E-state index in [1.54, 1.807) is 0 Å². The van der Waals surface area contributed by atoms with Crippen molar-refractivity contribution in [3.8, 4) is 0 Å². The van der Waals surface area contributed by atoms with Crippen LogP contribution in [-0.4, -0.2) is 56.9 Å². The minimum atomic E-state index is -0.585. The Morgan fingerprint density at radius 2 is 1.04 bits per heavy atom. The number of guanidine groups is 1. The van der Waals surface area contributed by atoms with Gasteiger partial charge >= 0.3 is 0 Å². The molecule has 0 bridgehead atoms. The fourth-order valence-electron chi connectivity index (χ4n) is 5.61. The molecule has 1 amide bonds. The maximum absolute atomic E-state index is 12.5. The monoisotopic (exact) mass is 640 g/mol. The molecule has 45 heavy (non-hydrogen) atoms. The van der Waals surface area contributed by atoms with Gasteiger partial charge in [0.1, 0.15) is 0 Å².